The zero-order valence-electron chi connectivity index (χ0n) is 38.7. The summed E-state index contributed by atoms with van der Waals surface area (Å²) >= 11 is 0. The van der Waals surface area contributed by atoms with Crippen molar-refractivity contribution in [3.63, 3.8) is 0 Å². The highest BCUT2D eigenvalue weighted by Gasteiger charge is 2.28. The molecule has 0 amide bonds. The van der Waals surface area contributed by atoms with Crippen LogP contribution in [0, 0.1) is 0 Å². The molecule has 1 aromatic heterocycles. The van der Waals surface area contributed by atoms with Crippen molar-refractivity contribution in [2.24, 2.45) is 0 Å². The number of para-hydroxylation sites is 3. The number of benzene rings is 11. The van der Waals surface area contributed by atoms with Crippen LogP contribution in [0.5, 0.6) is 0 Å². The highest BCUT2D eigenvalue weighted by molar-refractivity contribution is 6.06. The minimum atomic E-state index is 0.965. The van der Waals surface area contributed by atoms with Gasteiger partial charge in [-0.05, 0) is 110 Å². The van der Waals surface area contributed by atoms with Gasteiger partial charge in [-0.2, -0.15) is 0 Å². The van der Waals surface area contributed by atoms with Gasteiger partial charge < -0.3 is 9.47 Å². The molecule has 0 saturated carbocycles. The lowest BCUT2D eigenvalue weighted by Crippen LogP contribution is -2.11. The van der Waals surface area contributed by atoms with Gasteiger partial charge in [0.15, 0.2) is 0 Å². The van der Waals surface area contributed by atoms with Gasteiger partial charge in [-0.3, -0.25) is 0 Å². The first-order valence-corrected chi connectivity index (χ1v) is 24.4. The Balaban J connectivity index is 0.961. The summed E-state index contributed by atoms with van der Waals surface area (Å²) in [6.45, 7) is 0. The lowest BCUT2D eigenvalue weighted by atomic mass is 9.88. The molecule has 1 heterocycles. The van der Waals surface area contributed by atoms with Crippen molar-refractivity contribution in [2.75, 3.05) is 4.90 Å². The second kappa shape index (κ2) is 17.6. The van der Waals surface area contributed by atoms with Crippen LogP contribution >= 0.6 is 0 Å². The van der Waals surface area contributed by atoms with E-state index in [2.05, 4.69) is 276 Å². The van der Waals surface area contributed by atoms with E-state index in [4.69, 9.17) is 0 Å². The minimum Gasteiger partial charge on any atom is -0.312 e. The lowest BCUT2D eigenvalue weighted by molar-refractivity contribution is 0.867. The first-order chi connectivity index (χ1) is 34.8. The van der Waals surface area contributed by atoms with Crippen LogP contribution in [0.2, 0.25) is 0 Å². The molecule has 70 heavy (non-hydrogen) atoms. The summed E-state index contributed by atoms with van der Waals surface area (Å²) in [5.41, 5.74) is 23.2. The zero-order valence-corrected chi connectivity index (χ0v) is 38.7. The van der Waals surface area contributed by atoms with Crippen LogP contribution in [0.15, 0.2) is 267 Å². The van der Waals surface area contributed by atoms with E-state index in [0.717, 1.165) is 35.5 Å². The third-order valence-electron chi connectivity index (χ3n) is 14.3. The highest BCUT2D eigenvalue weighted by atomic mass is 15.1. The van der Waals surface area contributed by atoms with Crippen LogP contribution in [-0.4, -0.2) is 4.57 Å². The molecule has 12 aromatic rings. The summed E-state index contributed by atoms with van der Waals surface area (Å²) in [7, 11) is 0. The molecular weight excluding hydrogens is 845 g/mol. The zero-order chi connectivity index (χ0) is 46.4. The van der Waals surface area contributed by atoms with Crippen molar-refractivity contribution in [2.45, 2.75) is 12.8 Å². The SMILES string of the molecule is c1ccc(-c2ccccc2N(c2ccc(-c3cccc(-c4ccccc4)c3-n3c4c(c5ccccc53)-c3ccccc3CC4)cc2)c2ccc(-c3ccc(-c4ccccc4)c4ccccc34)cc2)cc1. The Hall–Kier alpha value is -8.98. The molecule has 2 heteroatoms. The number of rotatable bonds is 9. The smallest absolute Gasteiger partial charge is 0.0615 e. The first-order valence-electron chi connectivity index (χ1n) is 24.4. The predicted octanol–water partition coefficient (Wildman–Crippen LogP) is 18.4. The van der Waals surface area contributed by atoms with E-state index in [1.165, 1.54) is 99.8 Å². The van der Waals surface area contributed by atoms with E-state index in [9.17, 15) is 0 Å². The maximum Gasteiger partial charge on any atom is 0.0615 e. The van der Waals surface area contributed by atoms with E-state index in [1.807, 2.05) is 0 Å². The standard InChI is InChI=1S/C68H48N2/c1-4-19-47(20-5-1)55-44-45-56(62-29-13-12-28-61(55)62)51-35-40-53(41-36-51)69(64-33-16-14-26-57(64)48-21-6-2-7-22-48)54-42-37-52(38-43-54)60-32-18-31-59(49-23-8-3-9-24-49)68(60)70-65-34-17-15-30-63(65)67-58-27-11-10-25-50(58)39-46-66(67)70/h1-38,40-45H,39,46H2. The molecule has 0 N–H and O–H groups in total. The molecule has 13 rings (SSSR count). The normalized spacial score (nSPS) is 11.9. The van der Waals surface area contributed by atoms with Crippen molar-refractivity contribution >= 4 is 38.7 Å². The second-order valence-electron chi connectivity index (χ2n) is 18.3. The highest BCUT2D eigenvalue weighted by Crippen LogP contribution is 2.48. The Morgan fingerprint density at radius 2 is 0.714 bits per heavy atom. The Morgan fingerprint density at radius 3 is 1.31 bits per heavy atom. The molecule has 0 atom stereocenters. The number of hydrogen-bond acceptors (Lipinski definition) is 1. The Labute approximate surface area is 409 Å². The molecule has 0 spiro atoms. The molecule has 1 aliphatic rings. The van der Waals surface area contributed by atoms with Gasteiger partial charge in [0, 0.05) is 44.7 Å². The van der Waals surface area contributed by atoms with Gasteiger partial charge in [-0.1, -0.05) is 231 Å². The fraction of sp³-hybridized carbons (Fsp3) is 0.0294. The molecule has 0 unspecified atom stereocenters. The third kappa shape index (κ3) is 7.12. The van der Waals surface area contributed by atoms with E-state index in [0.29, 0.717) is 0 Å². The lowest BCUT2D eigenvalue weighted by Gasteiger charge is -2.28. The van der Waals surface area contributed by atoms with Gasteiger partial charge >= 0.3 is 0 Å². The molecule has 0 saturated heterocycles. The number of nitrogens with zero attached hydrogens (tertiary/aromatic N) is 2. The molecule has 0 fully saturated rings. The van der Waals surface area contributed by atoms with Gasteiger partial charge in [0.1, 0.15) is 0 Å². The average molecular weight is 893 g/mol. The van der Waals surface area contributed by atoms with E-state index in [-0.39, 0.29) is 0 Å². The summed E-state index contributed by atoms with van der Waals surface area (Å²) in [5, 5.41) is 3.79. The maximum absolute atomic E-state index is 2.59. The quantitative estimate of drug-likeness (QED) is 0.140. The van der Waals surface area contributed by atoms with Gasteiger partial charge in [-0.15, -0.1) is 0 Å². The average Bonchev–Trinajstić information content (AvgIpc) is 3.78. The summed E-state index contributed by atoms with van der Waals surface area (Å²) in [4.78, 5) is 2.42. The molecule has 0 radical (unpaired) electrons. The van der Waals surface area contributed by atoms with Crippen LogP contribution in [0.4, 0.5) is 17.1 Å². The molecule has 1 aliphatic carbocycles. The number of aromatic nitrogens is 1. The fourth-order valence-electron chi connectivity index (χ4n) is 11.1. The van der Waals surface area contributed by atoms with Crippen LogP contribution in [0.3, 0.4) is 0 Å². The van der Waals surface area contributed by atoms with E-state index < -0.39 is 0 Å². The van der Waals surface area contributed by atoms with Gasteiger partial charge in [0.25, 0.3) is 0 Å². The number of hydrogen-bond donors (Lipinski definition) is 0. The number of aryl methyl sites for hydroxylation is 1. The Bertz CT molecular complexity index is 3850. The monoisotopic (exact) mass is 892 g/mol. The molecular formula is C68H48N2. The van der Waals surface area contributed by atoms with E-state index >= 15 is 0 Å². The van der Waals surface area contributed by atoms with E-state index in [1.54, 1.807) is 0 Å². The van der Waals surface area contributed by atoms with Crippen molar-refractivity contribution < 1.29 is 0 Å². The molecule has 0 aliphatic heterocycles. The first kappa shape index (κ1) is 41.2. The Morgan fingerprint density at radius 1 is 0.286 bits per heavy atom. The largest absolute Gasteiger partial charge is 0.312 e. The molecule has 0 bridgehead atoms. The third-order valence-corrected chi connectivity index (χ3v) is 14.3. The maximum atomic E-state index is 2.59. The minimum absolute atomic E-state index is 0.965. The summed E-state index contributed by atoms with van der Waals surface area (Å²) in [6, 6.07) is 97.7. The summed E-state index contributed by atoms with van der Waals surface area (Å²) in [5.74, 6) is 0. The predicted molar refractivity (Wildman–Crippen MR) is 295 cm³/mol. The summed E-state index contributed by atoms with van der Waals surface area (Å²) in [6.07, 6.45) is 1.97. The van der Waals surface area contributed by atoms with Crippen molar-refractivity contribution in [3.05, 3.63) is 278 Å². The molecule has 11 aromatic carbocycles. The molecule has 2 nitrogen and oxygen atoms in total. The van der Waals surface area contributed by atoms with Crippen LogP contribution in [0.25, 0.3) is 94.1 Å². The second-order valence-corrected chi connectivity index (χ2v) is 18.3. The van der Waals surface area contributed by atoms with Crippen molar-refractivity contribution in [3.8, 4) is 72.4 Å². The van der Waals surface area contributed by atoms with Crippen LogP contribution in [-0.2, 0) is 12.8 Å². The Kier molecular flexibility index (Phi) is 10.4. The van der Waals surface area contributed by atoms with Crippen LogP contribution < -0.4 is 4.90 Å². The van der Waals surface area contributed by atoms with Gasteiger partial charge in [0.2, 0.25) is 0 Å². The van der Waals surface area contributed by atoms with Crippen molar-refractivity contribution in [1.29, 1.82) is 0 Å². The van der Waals surface area contributed by atoms with Gasteiger partial charge in [0.05, 0.1) is 16.9 Å². The number of fused-ring (bicyclic) bond motifs is 6. The topological polar surface area (TPSA) is 8.17 Å². The van der Waals surface area contributed by atoms with Crippen LogP contribution in [0.1, 0.15) is 11.3 Å². The summed E-state index contributed by atoms with van der Waals surface area (Å²) < 4.78 is 2.59. The molecule has 330 valence electrons. The number of anilines is 3. The van der Waals surface area contributed by atoms with Gasteiger partial charge in [-0.25, -0.2) is 0 Å². The fourth-order valence-corrected chi connectivity index (χ4v) is 11.1. The van der Waals surface area contributed by atoms with Crippen molar-refractivity contribution in [1.82, 2.24) is 4.57 Å².